The summed E-state index contributed by atoms with van der Waals surface area (Å²) >= 11 is 0. The number of nitrogens with zero attached hydrogens (tertiary/aromatic N) is 3. The summed E-state index contributed by atoms with van der Waals surface area (Å²) in [4.78, 5) is 34.4. The van der Waals surface area contributed by atoms with Gasteiger partial charge in [-0.1, -0.05) is 18.2 Å². The third-order valence-corrected chi connectivity index (χ3v) is 5.17. The van der Waals surface area contributed by atoms with Gasteiger partial charge in [0, 0.05) is 31.2 Å². The molecule has 2 amide bonds. The standard InChI is InChI=1S/C23H22N4O4/c28-21(26-30)10-8-17-4-3-5-18(24-17)9-11-22(29)27-14-12-16(13-15-27)23-25-19-6-1-2-7-20(19)31-23/h1-11,16,30H,12-15H2,(H,26,28). The van der Waals surface area contributed by atoms with Crippen molar-refractivity contribution >= 4 is 35.1 Å². The maximum Gasteiger partial charge on any atom is 0.267 e. The minimum Gasteiger partial charge on any atom is -0.440 e. The molecule has 0 spiro atoms. The van der Waals surface area contributed by atoms with Gasteiger partial charge >= 0.3 is 0 Å². The molecule has 4 rings (SSSR count). The summed E-state index contributed by atoms with van der Waals surface area (Å²) in [6, 6.07) is 13.0. The van der Waals surface area contributed by atoms with E-state index in [2.05, 4.69) is 9.97 Å². The van der Waals surface area contributed by atoms with Gasteiger partial charge in [0.05, 0.1) is 11.4 Å². The van der Waals surface area contributed by atoms with E-state index in [4.69, 9.17) is 9.62 Å². The average Bonchev–Trinajstić information content (AvgIpc) is 3.26. The van der Waals surface area contributed by atoms with Gasteiger partial charge in [0.15, 0.2) is 11.5 Å². The summed E-state index contributed by atoms with van der Waals surface area (Å²) in [6.07, 6.45) is 7.41. The summed E-state index contributed by atoms with van der Waals surface area (Å²) in [7, 11) is 0. The van der Waals surface area contributed by atoms with Crippen LogP contribution in [0.4, 0.5) is 0 Å². The van der Waals surface area contributed by atoms with Gasteiger partial charge in [0.1, 0.15) is 5.52 Å². The topological polar surface area (TPSA) is 109 Å². The van der Waals surface area contributed by atoms with Gasteiger partial charge in [0.25, 0.3) is 5.91 Å². The van der Waals surface area contributed by atoms with Crippen molar-refractivity contribution in [3.05, 3.63) is 71.9 Å². The fourth-order valence-electron chi connectivity index (χ4n) is 3.53. The molecule has 0 unspecified atom stereocenters. The molecule has 0 radical (unpaired) electrons. The highest BCUT2D eigenvalue weighted by atomic mass is 16.5. The molecule has 2 N–H and O–H groups in total. The van der Waals surface area contributed by atoms with Gasteiger partial charge in [-0.3, -0.25) is 14.8 Å². The molecule has 1 saturated heterocycles. The molecule has 1 fully saturated rings. The van der Waals surface area contributed by atoms with Gasteiger partial charge in [-0.2, -0.15) is 0 Å². The van der Waals surface area contributed by atoms with Gasteiger partial charge in [0.2, 0.25) is 5.91 Å². The van der Waals surface area contributed by atoms with Crippen LogP contribution in [0.5, 0.6) is 0 Å². The Balaban J connectivity index is 1.34. The number of amides is 2. The molecule has 0 aliphatic carbocycles. The van der Waals surface area contributed by atoms with Gasteiger partial charge < -0.3 is 9.32 Å². The van der Waals surface area contributed by atoms with Crippen molar-refractivity contribution in [3.8, 4) is 0 Å². The Morgan fingerprint density at radius 1 is 1.00 bits per heavy atom. The predicted octanol–water partition coefficient (Wildman–Crippen LogP) is 3.16. The zero-order valence-electron chi connectivity index (χ0n) is 16.8. The maximum absolute atomic E-state index is 12.6. The van der Waals surface area contributed by atoms with Crippen molar-refractivity contribution in [2.45, 2.75) is 18.8 Å². The number of rotatable bonds is 5. The SMILES string of the molecule is O=C(C=Cc1cccc(C=CC(=O)N2CCC(c3nc4ccccc4o3)CC2)n1)NO. The Labute approximate surface area is 178 Å². The third-order valence-electron chi connectivity index (χ3n) is 5.17. The molecule has 158 valence electrons. The fourth-order valence-corrected chi connectivity index (χ4v) is 3.53. The number of hydrogen-bond donors (Lipinski definition) is 2. The number of hydrogen-bond acceptors (Lipinski definition) is 6. The monoisotopic (exact) mass is 418 g/mol. The number of oxazole rings is 1. The first-order chi connectivity index (χ1) is 15.1. The highest BCUT2D eigenvalue weighted by Gasteiger charge is 2.26. The lowest BCUT2D eigenvalue weighted by atomic mass is 9.96. The van der Waals surface area contributed by atoms with E-state index < -0.39 is 5.91 Å². The quantitative estimate of drug-likeness (QED) is 0.374. The van der Waals surface area contributed by atoms with E-state index in [-0.39, 0.29) is 11.8 Å². The number of hydroxylamine groups is 1. The molecule has 0 bridgehead atoms. The first kappa shape index (κ1) is 20.5. The predicted molar refractivity (Wildman–Crippen MR) is 115 cm³/mol. The molecule has 0 saturated carbocycles. The highest BCUT2D eigenvalue weighted by molar-refractivity contribution is 5.92. The van der Waals surface area contributed by atoms with Crippen LogP contribution in [0.2, 0.25) is 0 Å². The lowest BCUT2D eigenvalue weighted by Gasteiger charge is -2.29. The van der Waals surface area contributed by atoms with Crippen LogP contribution in [-0.2, 0) is 9.59 Å². The summed E-state index contributed by atoms with van der Waals surface area (Å²) < 4.78 is 5.88. The number of fused-ring (bicyclic) bond motifs is 1. The molecule has 2 aromatic heterocycles. The van der Waals surface area contributed by atoms with Crippen LogP contribution in [0.25, 0.3) is 23.3 Å². The van der Waals surface area contributed by atoms with Crippen molar-refractivity contribution < 1.29 is 19.2 Å². The number of piperidine rings is 1. The van der Waals surface area contributed by atoms with Crippen LogP contribution in [0.15, 0.2) is 59.0 Å². The number of pyridine rings is 1. The van der Waals surface area contributed by atoms with E-state index in [0.29, 0.717) is 24.5 Å². The van der Waals surface area contributed by atoms with E-state index in [0.717, 1.165) is 29.8 Å². The summed E-state index contributed by atoms with van der Waals surface area (Å²) in [6.45, 7) is 1.28. The normalized spacial score (nSPS) is 15.2. The largest absolute Gasteiger partial charge is 0.440 e. The molecular formula is C23H22N4O4. The van der Waals surface area contributed by atoms with Crippen LogP contribution in [0, 0.1) is 0 Å². The first-order valence-corrected chi connectivity index (χ1v) is 10.0. The van der Waals surface area contributed by atoms with E-state index >= 15 is 0 Å². The first-order valence-electron chi connectivity index (χ1n) is 10.0. The number of likely N-dealkylation sites (tertiary alicyclic amines) is 1. The smallest absolute Gasteiger partial charge is 0.267 e. The van der Waals surface area contributed by atoms with E-state index in [1.807, 2.05) is 29.2 Å². The van der Waals surface area contributed by atoms with Crippen molar-refractivity contribution in [1.29, 1.82) is 0 Å². The molecule has 31 heavy (non-hydrogen) atoms. The molecule has 8 heteroatoms. The molecule has 0 atom stereocenters. The Bertz CT molecular complexity index is 1110. The Morgan fingerprint density at radius 3 is 2.42 bits per heavy atom. The van der Waals surface area contributed by atoms with Crippen LogP contribution in [0.1, 0.15) is 36.0 Å². The maximum atomic E-state index is 12.6. The molecule has 1 aliphatic heterocycles. The fraction of sp³-hybridized carbons (Fsp3) is 0.217. The zero-order valence-corrected chi connectivity index (χ0v) is 16.8. The number of carbonyl (C=O) groups is 2. The highest BCUT2D eigenvalue weighted by Crippen LogP contribution is 2.30. The summed E-state index contributed by atoms with van der Waals surface area (Å²) in [5.74, 6) is 0.243. The van der Waals surface area contributed by atoms with E-state index in [1.54, 1.807) is 24.3 Å². The van der Waals surface area contributed by atoms with Gasteiger partial charge in [-0.25, -0.2) is 15.4 Å². The van der Waals surface area contributed by atoms with Crippen LogP contribution >= 0.6 is 0 Å². The number of benzene rings is 1. The lowest BCUT2D eigenvalue weighted by molar-refractivity contribution is -0.127. The second-order valence-electron chi connectivity index (χ2n) is 7.25. The van der Waals surface area contributed by atoms with E-state index in [1.165, 1.54) is 23.7 Å². The van der Waals surface area contributed by atoms with Crippen LogP contribution in [-0.4, -0.2) is 45.0 Å². The van der Waals surface area contributed by atoms with Crippen molar-refractivity contribution in [2.75, 3.05) is 13.1 Å². The molecule has 1 aliphatic rings. The number of carbonyl (C=O) groups excluding carboxylic acids is 2. The van der Waals surface area contributed by atoms with Crippen molar-refractivity contribution in [1.82, 2.24) is 20.3 Å². The van der Waals surface area contributed by atoms with Crippen molar-refractivity contribution in [2.24, 2.45) is 0 Å². The Morgan fingerprint density at radius 2 is 1.71 bits per heavy atom. The molecule has 3 aromatic rings. The van der Waals surface area contributed by atoms with Crippen LogP contribution < -0.4 is 5.48 Å². The zero-order chi connectivity index (χ0) is 21.6. The second-order valence-corrected chi connectivity index (χ2v) is 7.25. The average molecular weight is 418 g/mol. The third kappa shape index (κ3) is 5.04. The molecule has 1 aromatic carbocycles. The number of aromatic nitrogens is 2. The molecule has 3 heterocycles. The van der Waals surface area contributed by atoms with Gasteiger partial charge in [-0.15, -0.1) is 0 Å². The molecular weight excluding hydrogens is 396 g/mol. The number of para-hydroxylation sites is 2. The minimum absolute atomic E-state index is 0.0709. The summed E-state index contributed by atoms with van der Waals surface area (Å²) in [5.41, 5.74) is 4.31. The van der Waals surface area contributed by atoms with Gasteiger partial charge in [-0.05, 0) is 49.3 Å². The Kier molecular flexibility index (Phi) is 6.18. The minimum atomic E-state index is -0.640. The van der Waals surface area contributed by atoms with E-state index in [9.17, 15) is 9.59 Å². The molecule has 8 nitrogen and oxygen atoms in total. The summed E-state index contributed by atoms with van der Waals surface area (Å²) in [5, 5.41) is 8.52. The van der Waals surface area contributed by atoms with Crippen LogP contribution in [0.3, 0.4) is 0 Å². The Hall–Kier alpha value is -3.78. The number of nitrogens with one attached hydrogen (secondary N) is 1. The van der Waals surface area contributed by atoms with Crippen molar-refractivity contribution in [3.63, 3.8) is 0 Å². The lowest BCUT2D eigenvalue weighted by Crippen LogP contribution is -2.36. The second kappa shape index (κ2) is 9.36.